The lowest BCUT2D eigenvalue weighted by molar-refractivity contribution is 0.285. The minimum Gasteiger partial charge on any atom is -0.304 e. The first-order valence-corrected chi connectivity index (χ1v) is 10.4. The van der Waals surface area contributed by atoms with Crippen LogP contribution in [-0.4, -0.2) is 50.3 Å². The third-order valence-electron chi connectivity index (χ3n) is 3.59. The summed E-state index contributed by atoms with van der Waals surface area (Å²) in [6.45, 7) is 12.0. The Balaban J connectivity index is 2.77. The Bertz CT molecular complexity index is 539. The van der Waals surface area contributed by atoms with E-state index in [0.717, 1.165) is 34.7 Å². The van der Waals surface area contributed by atoms with Gasteiger partial charge in [0.25, 0.3) is 0 Å². The van der Waals surface area contributed by atoms with E-state index >= 15 is 0 Å². The third kappa shape index (κ3) is 5.03. The lowest BCUT2D eigenvalue weighted by atomic mass is 10.3. The number of halogens is 1. The molecule has 0 saturated carbocycles. The van der Waals surface area contributed by atoms with Gasteiger partial charge in [-0.15, -0.1) is 11.3 Å². The fraction of sp³-hybridized carbons (Fsp3) is 0.714. The highest BCUT2D eigenvalue weighted by atomic mass is 79.9. The Morgan fingerprint density at radius 3 is 2.19 bits per heavy atom. The van der Waals surface area contributed by atoms with Crippen molar-refractivity contribution in [1.29, 1.82) is 0 Å². The Morgan fingerprint density at radius 2 is 1.76 bits per heavy atom. The third-order valence-corrected chi connectivity index (χ3v) is 7.37. The van der Waals surface area contributed by atoms with Crippen molar-refractivity contribution in [1.82, 2.24) is 9.21 Å². The van der Waals surface area contributed by atoms with Gasteiger partial charge in [-0.25, -0.2) is 8.42 Å². The van der Waals surface area contributed by atoms with Crippen molar-refractivity contribution in [3.63, 3.8) is 0 Å². The van der Waals surface area contributed by atoms with E-state index in [9.17, 15) is 8.42 Å². The lowest BCUT2D eigenvalue weighted by Gasteiger charge is -2.23. The van der Waals surface area contributed by atoms with E-state index in [1.165, 1.54) is 11.3 Å². The van der Waals surface area contributed by atoms with Gasteiger partial charge in [0.1, 0.15) is 0 Å². The molecule has 0 atom stereocenters. The van der Waals surface area contributed by atoms with Gasteiger partial charge >= 0.3 is 0 Å². The molecule has 0 bridgehead atoms. The van der Waals surface area contributed by atoms with E-state index in [-0.39, 0.29) is 0 Å². The van der Waals surface area contributed by atoms with E-state index in [4.69, 9.17) is 0 Å². The second kappa shape index (κ2) is 8.62. The molecule has 1 heterocycles. The summed E-state index contributed by atoms with van der Waals surface area (Å²) in [6.07, 6.45) is 0.860. The van der Waals surface area contributed by atoms with Crippen LogP contribution in [0, 0.1) is 6.92 Å². The summed E-state index contributed by atoms with van der Waals surface area (Å²) in [5.41, 5.74) is 0. The number of hydrogen-bond donors (Lipinski definition) is 0. The Hall–Kier alpha value is 0.0500. The minimum absolute atomic E-state index is 0.434. The van der Waals surface area contributed by atoms with Gasteiger partial charge in [-0.05, 0) is 55.0 Å². The van der Waals surface area contributed by atoms with E-state index in [2.05, 4.69) is 34.7 Å². The van der Waals surface area contributed by atoms with Gasteiger partial charge in [-0.1, -0.05) is 20.8 Å². The fourth-order valence-electron chi connectivity index (χ4n) is 2.28. The summed E-state index contributed by atoms with van der Waals surface area (Å²) in [6, 6.07) is 1.71. The number of aryl methyl sites for hydroxylation is 1. The average Bonchev–Trinajstić information content (AvgIpc) is 2.78. The molecule has 122 valence electrons. The smallest absolute Gasteiger partial charge is 0.244 e. The number of hydrogen-bond acceptors (Lipinski definition) is 4. The van der Waals surface area contributed by atoms with Crippen molar-refractivity contribution in [3.05, 3.63) is 14.7 Å². The van der Waals surface area contributed by atoms with Gasteiger partial charge in [0, 0.05) is 18.0 Å². The monoisotopic (exact) mass is 396 g/mol. The zero-order valence-electron chi connectivity index (χ0n) is 13.2. The molecular formula is C14H25BrN2O2S2. The fourth-order valence-corrected chi connectivity index (χ4v) is 6.16. The van der Waals surface area contributed by atoms with Gasteiger partial charge in [0.05, 0.1) is 8.68 Å². The highest BCUT2D eigenvalue weighted by molar-refractivity contribution is 9.11. The quantitative estimate of drug-likeness (QED) is 0.640. The molecule has 21 heavy (non-hydrogen) atoms. The predicted octanol–water partition coefficient (Wildman–Crippen LogP) is 3.56. The van der Waals surface area contributed by atoms with Crippen LogP contribution in [-0.2, 0) is 10.0 Å². The van der Waals surface area contributed by atoms with Gasteiger partial charge in [0.15, 0.2) is 0 Å². The van der Waals surface area contributed by atoms with Gasteiger partial charge in [-0.3, -0.25) is 0 Å². The van der Waals surface area contributed by atoms with Crippen LogP contribution in [0.25, 0.3) is 0 Å². The van der Waals surface area contributed by atoms with Crippen LogP contribution in [0.1, 0.15) is 32.1 Å². The maximum Gasteiger partial charge on any atom is 0.244 e. The van der Waals surface area contributed by atoms with Gasteiger partial charge in [0.2, 0.25) is 10.0 Å². The molecule has 1 rings (SSSR count). The highest BCUT2D eigenvalue weighted by Crippen LogP contribution is 2.31. The zero-order chi connectivity index (χ0) is 16.0. The van der Waals surface area contributed by atoms with Gasteiger partial charge in [-0.2, -0.15) is 4.31 Å². The molecule has 7 heteroatoms. The molecule has 0 unspecified atom stereocenters. The molecule has 0 aromatic carbocycles. The molecule has 0 N–H and O–H groups in total. The molecule has 0 aliphatic heterocycles. The van der Waals surface area contributed by atoms with Crippen LogP contribution in [0.15, 0.2) is 14.7 Å². The standard InChI is InChI=1S/C14H25BrN2O2S2/c1-5-16(6-2)9-8-10-17(7-3)21(18,19)13-11-14(15)20-12(13)4/h11H,5-10H2,1-4H3. The Kier molecular flexibility index (Phi) is 7.84. The maximum atomic E-state index is 12.7. The maximum absolute atomic E-state index is 12.7. The summed E-state index contributed by atoms with van der Waals surface area (Å²) in [7, 11) is -3.38. The summed E-state index contributed by atoms with van der Waals surface area (Å²) in [5, 5.41) is 0. The minimum atomic E-state index is -3.38. The first kappa shape index (κ1) is 19.1. The van der Waals surface area contributed by atoms with Crippen LogP contribution in [0.4, 0.5) is 0 Å². The average molecular weight is 397 g/mol. The first-order valence-electron chi connectivity index (χ1n) is 7.35. The van der Waals surface area contributed by atoms with Crippen LogP contribution in [0.2, 0.25) is 0 Å². The van der Waals surface area contributed by atoms with Crippen LogP contribution >= 0.6 is 27.3 Å². The van der Waals surface area contributed by atoms with Gasteiger partial charge < -0.3 is 4.90 Å². The van der Waals surface area contributed by atoms with E-state index in [1.807, 2.05) is 13.8 Å². The number of sulfonamides is 1. The number of nitrogens with zero attached hydrogens (tertiary/aromatic N) is 2. The molecule has 0 aliphatic carbocycles. The van der Waals surface area contributed by atoms with Crippen LogP contribution in [0.5, 0.6) is 0 Å². The zero-order valence-corrected chi connectivity index (χ0v) is 16.4. The SMILES string of the molecule is CCN(CC)CCCN(CC)S(=O)(=O)c1cc(Br)sc1C. The largest absolute Gasteiger partial charge is 0.304 e. The second-order valence-electron chi connectivity index (χ2n) is 4.85. The summed E-state index contributed by atoms with van der Waals surface area (Å²) < 4.78 is 27.9. The summed E-state index contributed by atoms with van der Waals surface area (Å²) >= 11 is 4.83. The van der Waals surface area contributed by atoms with Crippen LogP contribution in [0.3, 0.4) is 0 Å². The summed E-state index contributed by atoms with van der Waals surface area (Å²) in [4.78, 5) is 3.58. The van der Waals surface area contributed by atoms with Crippen LogP contribution < -0.4 is 0 Å². The molecule has 0 radical (unpaired) electrons. The molecule has 0 amide bonds. The number of thiophene rings is 1. The Morgan fingerprint density at radius 1 is 1.14 bits per heavy atom. The molecule has 0 spiro atoms. The molecule has 1 aromatic heterocycles. The molecule has 4 nitrogen and oxygen atoms in total. The van der Waals surface area contributed by atoms with E-state index < -0.39 is 10.0 Å². The van der Waals surface area contributed by atoms with Crippen molar-refractivity contribution in [2.24, 2.45) is 0 Å². The molecule has 0 fully saturated rings. The van der Waals surface area contributed by atoms with Crippen molar-refractivity contribution in [2.45, 2.75) is 39.0 Å². The normalized spacial score (nSPS) is 12.5. The van der Waals surface area contributed by atoms with Crippen molar-refractivity contribution in [2.75, 3.05) is 32.7 Å². The summed E-state index contributed by atoms with van der Waals surface area (Å²) in [5.74, 6) is 0. The molecule has 0 aliphatic rings. The van der Waals surface area contributed by atoms with Crippen molar-refractivity contribution >= 4 is 37.3 Å². The first-order chi connectivity index (χ1) is 9.86. The topological polar surface area (TPSA) is 40.6 Å². The van der Waals surface area contributed by atoms with E-state index in [0.29, 0.717) is 18.0 Å². The molecular weight excluding hydrogens is 372 g/mol. The number of rotatable bonds is 9. The molecule has 0 saturated heterocycles. The lowest BCUT2D eigenvalue weighted by Crippen LogP contribution is -2.34. The van der Waals surface area contributed by atoms with Crippen molar-refractivity contribution < 1.29 is 8.42 Å². The Labute approximate surface area is 141 Å². The second-order valence-corrected chi connectivity index (χ2v) is 9.39. The van der Waals surface area contributed by atoms with Crippen molar-refractivity contribution in [3.8, 4) is 0 Å². The van der Waals surface area contributed by atoms with E-state index in [1.54, 1.807) is 10.4 Å². The molecule has 1 aromatic rings. The predicted molar refractivity (Wildman–Crippen MR) is 93.6 cm³/mol. The highest BCUT2D eigenvalue weighted by Gasteiger charge is 2.26.